The van der Waals surface area contributed by atoms with Gasteiger partial charge in [-0.05, 0) is 19.3 Å². The van der Waals surface area contributed by atoms with Crippen molar-refractivity contribution < 1.29 is 4.79 Å². The quantitative estimate of drug-likeness (QED) is 0.679. The minimum atomic E-state index is 0.130. The highest BCUT2D eigenvalue weighted by atomic mass is 16.2. The number of hydrogen-bond donors (Lipinski definition) is 2. The van der Waals surface area contributed by atoms with E-state index in [4.69, 9.17) is 0 Å². The molecule has 1 aliphatic heterocycles. The van der Waals surface area contributed by atoms with Crippen LogP contribution in [0.2, 0.25) is 0 Å². The highest BCUT2D eigenvalue weighted by Gasteiger charge is 2.42. The van der Waals surface area contributed by atoms with Gasteiger partial charge in [-0.25, -0.2) is 4.79 Å². The Morgan fingerprint density at radius 1 is 1.43 bits per heavy atom. The molecule has 0 bridgehead atoms. The van der Waals surface area contributed by atoms with E-state index in [0.29, 0.717) is 0 Å². The van der Waals surface area contributed by atoms with E-state index in [9.17, 15) is 4.79 Å². The summed E-state index contributed by atoms with van der Waals surface area (Å²) in [5.74, 6) is 0. The first-order valence-electron chi connectivity index (χ1n) is 5.54. The zero-order chi connectivity index (χ0) is 10.0. The number of carbonyl (C=O) groups excluding carboxylic acids is 1. The molecule has 0 radical (unpaired) electrons. The third-order valence-corrected chi connectivity index (χ3v) is 3.31. The van der Waals surface area contributed by atoms with Crippen LogP contribution in [0, 0.1) is 0 Å². The first-order chi connectivity index (χ1) is 6.76. The molecule has 2 amide bonds. The Labute approximate surface area is 85.0 Å². The molecular weight excluding hydrogens is 178 g/mol. The summed E-state index contributed by atoms with van der Waals surface area (Å²) in [6.07, 6.45) is 3.37. The number of urea groups is 1. The van der Waals surface area contributed by atoms with Crippen LogP contribution < -0.4 is 10.6 Å². The molecule has 1 heterocycles. The average molecular weight is 197 g/mol. The molecule has 0 spiro atoms. The summed E-state index contributed by atoms with van der Waals surface area (Å²) < 4.78 is 0. The number of amides is 2. The lowest BCUT2D eigenvalue weighted by Crippen LogP contribution is -2.52. The fraction of sp³-hybridized carbons (Fsp3) is 0.900. The Morgan fingerprint density at radius 2 is 2.07 bits per heavy atom. The summed E-state index contributed by atoms with van der Waals surface area (Å²) in [7, 11) is 0. The summed E-state index contributed by atoms with van der Waals surface area (Å²) in [6, 6.07) is 0.130. The van der Waals surface area contributed by atoms with Crippen LogP contribution in [0.4, 0.5) is 4.79 Å². The summed E-state index contributed by atoms with van der Waals surface area (Å²) in [4.78, 5) is 13.7. The Hall–Kier alpha value is -0.770. The van der Waals surface area contributed by atoms with E-state index >= 15 is 0 Å². The second-order valence-electron chi connectivity index (χ2n) is 4.30. The van der Waals surface area contributed by atoms with Gasteiger partial charge >= 0.3 is 6.03 Å². The van der Waals surface area contributed by atoms with E-state index in [1.807, 2.05) is 4.90 Å². The molecule has 14 heavy (non-hydrogen) atoms. The topological polar surface area (TPSA) is 44.4 Å². The van der Waals surface area contributed by atoms with Crippen LogP contribution in [-0.2, 0) is 0 Å². The van der Waals surface area contributed by atoms with Gasteiger partial charge in [0.05, 0.1) is 0 Å². The Bertz CT molecular complexity index is 219. The second-order valence-corrected chi connectivity index (χ2v) is 4.30. The van der Waals surface area contributed by atoms with Gasteiger partial charge in [-0.1, -0.05) is 6.92 Å². The highest BCUT2D eigenvalue weighted by Crippen LogP contribution is 2.38. The van der Waals surface area contributed by atoms with Gasteiger partial charge in [0.15, 0.2) is 0 Å². The fourth-order valence-electron chi connectivity index (χ4n) is 1.89. The van der Waals surface area contributed by atoms with Gasteiger partial charge in [0.2, 0.25) is 0 Å². The molecule has 2 rings (SSSR count). The van der Waals surface area contributed by atoms with Crippen LogP contribution in [-0.4, -0.2) is 42.6 Å². The smallest absolute Gasteiger partial charge is 0.317 e. The Kier molecular flexibility index (Phi) is 2.63. The van der Waals surface area contributed by atoms with Gasteiger partial charge in [0.25, 0.3) is 0 Å². The van der Waals surface area contributed by atoms with Crippen LogP contribution >= 0.6 is 0 Å². The molecule has 0 aromatic heterocycles. The summed E-state index contributed by atoms with van der Waals surface area (Å²) in [6.45, 7) is 5.67. The van der Waals surface area contributed by atoms with Crippen molar-refractivity contribution in [2.24, 2.45) is 0 Å². The largest absolute Gasteiger partial charge is 0.333 e. The first-order valence-corrected chi connectivity index (χ1v) is 5.54. The fourth-order valence-corrected chi connectivity index (χ4v) is 1.89. The number of nitrogens with zero attached hydrogens (tertiary/aromatic N) is 1. The molecule has 0 atom stereocenters. The van der Waals surface area contributed by atoms with E-state index in [-0.39, 0.29) is 11.6 Å². The standard InChI is InChI=1S/C10H19N3O/c1-2-10(3-4-10)12-9(14)13-7-5-11-6-8-13/h11H,2-8H2,1H3,(H,12,14). The average Bonchev–Trinajstić information content (AvgIpc) is 3.00. The molecule has 2 N–H and O–H groups in total. The SMILES string of the molecule is CCC1(NC(=O)N2CCNCC2)CC1. The molecule has 1 saturated heterocycles. The highest BCUT2D eigenvalue weighted by molar-refractivity contribution is 5.75. The monoisotopic (exact) mass is 197 g/mol. The van der Waals surface area contributed by atoms with Crippen molar-refractivity contribution in [3.8, 4) is 0 Å². The molecule has 0 aromatic rings. The van der Waals surface area contributed by atoms with Crippen LogP contribution in [0.25, 0.3) is 0 Å². The number of rotatable bonds is 2. The molecule has 4 heteroatoms. The molecule has 0 unspecified atom stereocenters. The number of piperazine rings is 1. The molecular formula is C10H19N3O. The Morgan fingerprint density at radius 3 is 2.57 bits per heavy atom. The second kappa shape index (κ2) is 3.77. The maximum absolute atomic E-state index is 11.8. The van der Waals surface area contributed by atoms with E-state index in [0.717, 1.165) is 45.4 Å². The van der Waals surface area contributed by atoms with Crippen molar-refractivity contribution in [3.05, 3.63) is 0 Å². The lowest BCUT2D eigenvalue weighted by atomic mass is 10.2. The van der Waals surface area contributed by atoms with Crippen LogP contribution in [0.15, 0.2) is 0 Å². The lowest BCUT2D eigenvalue weighted by molar-refractivity contribution is 0.184. The van der Waals surface area contributed by atoms with Gasteiger partial charge in [-0.2, -0.15) is 0 Å². The van der Waals surface area contributed by atoms with E-state index < -0.39 is 0 Å². The predicted molar refractivity (Wildman–Crippen MR) is 55.2 cm³/mol. The van der Waals surface area contributed by atoms with Gasteiger partial charge in [0, 0.05) is 31.7 Å². The molecule has 1 saturated carbocycles. The lowest BCUT2D eigenvalue weighted by Gasteiger charge is -2.29. The van der Waals surface area contributed by atoms with Crippen LogP contribution in [0.5, 0.6) is 0 Å². The summed E-state index contributed by atoms with van der Waals surface area (Å²) >= 11 is 0. The first kappa shape index (κ1) is 9.77. The van der Waals surface area contributed by atoms with Crippen LogP contribution in [0.1, 0.15) is 26.2 Å². The molecule has 2 aliphatic rings. The van der Waals surface area contributed by atoms with Gasteiger partial charge < -0.3 is 15.5 Å². The molecule has 2 fully saturated rings. The minimum absolute atomic E-state index is 0.130. The maximum atomic E-state index is 11.8. The maximum Gasteiger partial charge on any atom is 0.317 e. The van der Waals surface area contributed by atoms with Crippen molar-refractivity contribution in [2.75, 3.05) is 26.2 Å². The van der Waals surface area contributed by atoms with Crippen molar-refractivity contribution >= 4 is 6.03 Å². The Balaban J connectivity index is 1.82. The van der Waals surface area contributed by atoms with Gasteiger partial charge in [-0.3, -0.25) is 0 Å². The number of carbonyl (C=O) groups is 1. The van der Waals surface area contributed by atoms with Crippen molar-refractivity contribution in [2.45, 2.75) is 31.7 Å². The predicted octanol–water partition coefficient (Wildman–Crippen LogP) is 0.544. The third-order valence-electron chi connectivity index (χ3n) is 3.31. The van der Waals surface area contributed by atoms with E-state index in [1.165, 1.54) is 0 Å². The molecule has 4 nitrogen and oxygen atoms in total. The van der Waals surface area contributed by atoms with E-state index in [2.05, 4.69) is 17.6 Å². The van der Waals surface area contributed by atoms with Crippen LogP contribution in [0.3, 0.4) is 0 Å². The molecule has 80 valence electrons. The third kappa shape index (κ3) is 2.00. The van der Waals surface area contributed by atoms with E-state index in [1.54, 1.807) is 0 Å². The summed E-state index contributed by atoms with van der Waals surface area (Å²) in [5, 5.41) is 6.39. The van der Waals surface area contributed by atoms with Crippen molar-refractivity contribution in [1.29, 1.82) is 0 Å². The zero-order valence-electron chi connectivity index (χ0n) is 8.81. The normalized spacial score (nSPS) is 24.5. The van der Waals surface area contributed by atoms with Gasteiger partial charge in [-0.15, -0.1) is 0 Å². The number of hydrogen-bond acceptors (Lipinski definition) is 2. The summed E-state index contributed by atoms with van der Waals surface area (Å²) in [5.41, 5.74) is 0.155. The van der Waals surface area contributed by atoms with Crippen molar-refractivity contribution in [3.63, 3.8) is 0 Å². The number of nitrogens with one attached hydrogen (secondary N) is 2. The molecule has 1 aliphatic carbocycles. The van der Waals surface area contributed by atoms with Gasteiger partial charge in [0.1, 0.15) is 0 Å². The molecule has 0 aromatic carbocycles. The zero-order valence-corrected chi connectivity index (χ0v) is 8.81. The minimum Gasteiger partial charge on any atom is -0.333 e. The van der Waals surface area contributed by atoms with Crippen molar-refractivity contribution in [1.82, 2.24) is 15.5 Å².